The molecule has 0 spiro atoms. The van der Waals surface area contributed by atoms with Crippen LogP contribution in [-0.2, 0) is 4.74 Å². The molecule has 3 heteroatoms. The first-order valence-electron chi connectivity index (χ1n) is 3.92. The van der Waals surface area contributed by atoms with Crippen LogP contribution in [-0.4, -0.2) is 16.3 Å². The Morgan fingerprint density at radius 2 is 2.25 bits per heavy atom. The highest BCUT2D eigenvalue weighted by atomic mass is 16.5. The largest absolute Gasteiger partial charge is 0.444 e. The van der Waals surface area contributed by atoms with E-state index in [4.69, 9.17) is 4.74 Å². The van der Waals surface area contributed by atoms with Crippen molar-refractivity contribution in [3.8, 4) is 0 Å². The van der Waals surface area contributed by atoms with Crippen molar-refractivity contribution in [3.63, 3.8) is 0 Å². The molecular formula is C9H8N2O. The highest BCUT2D eigenvalue weighted by Crippen LogP contribution is 2.29. The lowest BCUT2D eigenvalue weighted by Crippen LogP contribution is -2.22. The zero-order valence-corrected chi connectivity index (χ0v) is 6.47. The fourth-order valence-corrected chi connectivity index (χ4v) is 1.56. The van der Waals surface area contributed by atoms with E-state index in [-0.39, 0.29) is 0 Å². The number of fused-ring (bicyclic) bond motifs is 2. The van der Waals surface area contributed by atoms with Crippen molar-refractivity contribution in [1.29, 1.82) is 0 Å². The molecule has 3 aliphatic rings. The van der Waals surface area contributed by atoms with Gasteiger partial charge in [0.1, 0.15) is 12.0 Å². The normalized spacial score (nSPS) is 23.3. The molecule has 3 heterocycles. The second kappa shape index (κ2) is 1.94. The average molecular weight is 160 g/mol. The summed E-state index contributed by atoms with van der Waals surface area (Å²) < 4.78 is 5.35. The Morgan fingerprint density at radius 1 is 1.25 bits per heavy atom. The summed E-state index contributed by atoms with van der Waals surface area (Å²) in [6, 6.07) is 0. The van der Waals surface area contributed by atoms with E-state index in [1.54, 1.807) is 6.26 Å². The van der Waals surface area contributed by atoms with Gasteiger partial charge in [-0.3, -0.25) is 4.90 Å². The molecule has 0 aromatic heterocycles. The molecule has 3 rings (SSSR count). The van der Waals surface area contributed by atoms with Gasteiger partial charge in [0.05, 0.1) is 0 Å². The molecule has 0 N–H and O–H groups in total. The molecule has 0 atom stereocenters. The highest BCUT2D eigenvalue weighted by molar-refractivity contribution is 5.34. The van der Waals surface area contributed by atoms with Gasteiger partial charge in [-0.05, 0) is 6.08 Å². The molecule has 12 heavy (non-hydrogen) atoms. The summed E-state index contributed by atoms with van der Waals surface area (Å²) in [6.45, 7) is 0.951. The van der Waals surface area contributed by atoms with Gasteiger partial charge in [-0.25, -0.2) is 0 Å². The Morgan fingerprint density at radius 3 is 3.25 bits per heavy atom. The fraction of sp³-hybridized carbons (Fsp3) is 0.111. The Balaban J connectivity index is 2.11. The predicted octanol–water partition coefficient (Wildman–Crippen LogP) is 1.32. The van der Waals surface area contributed by atoms with Crippen molar-refractivity contribution >= 4 is 0 Å². The van der Waals surface area contributed by atoms with Crippen LogP contribution < -0.4 is 0 Å². The summed E-state index contributed by atoms with van der Waals surface area (Å²) in [5.74, 6) is 0.909. The molecule has 60 valence electrons. The van der Waals surface area contributed by atoms with Gasteiger partial charge in [-0.2, -0.15) is 0 Å². The van der Waals surface area contributed by atoms with E-state index in [2.05, 4.69) is 23.3 Å². The second-order valence-corrected chi connectivity index (χ2v) is 2.85. The maximum Gasteiger partial charge on any atom is 0.227 e. The molecule has 0 bridgehead atoms. The average Bonchev–Trinajstić information content (AvgIpc) is 2.71. The maximum atomic E-state index is 5.35. The first-order valence-corrected chi connectivity index (χ1v) is 3.92. The van der Waals surface area contributed by atoms with Crippen molar-refractivity contribution in [2.75, 3.05) is 6.54 Å². The SMILES string of the molecule is C1=CC2=C3OC=CN3C=CN2C1. The summed E-state index contributed by atoms with van der Waals surface area (Å²) in [6.07, 6.45) is 11.9. The fourth-order valence-electron chi connectivity index (χ4n) is 1.56. The van der Waals surface area contributed by atoms with Crippen LogP contribution in [0.2, 0.25) is 0 Å². The van der Waals surface area contributed by atoms with Crippen LogP contribution in [0.25, 0.3) is 0 Å². The number of hydrogen-bond donors (Lipinski definition) is 0. The van der Waals surface area contributed by atoms with Crippen LogP contribution in [0.15, 0.2) is 48.6 Å². The number of rotatable bonds is 0. The van der Waals surface area contributed by atoms with E-state index in [1.807, 2.05) is 17.3 Å². The van der Waals surface area contributed by atoms with E-state index in [0.717, 1.165) is 18.1 Å². The van der Waals surface area contributed by atoms with E-state index in [9.17, 15) is 0 Å². The summed E-state index contributed by atoms with van der Waals surface area (Å²) in [5.41, 5.74) is 1.14. The Hall–Kier alpha value is -1.64. The summed E-state index contributed by atoms with van der Waals surface area (Å²) >= 11 is 0. The molecule has 0 amide bonds. The third kappa shape index (κ3) is 0.605. The number of hydrogen-bond acceptors (Lipinski definition) is 3. The summed E-state index contributed by atoms with van der Waals surface area (Å²) in [5, 5.41) is 0. The molecule has 3 aliphatic heterocycles. The van der Waals surface area contributed by atoms with Crippen molar-refractivity contribution in [3.05, 3.63) is 48.6 Å². The second-order valence-electron chi connectivity index (χ2n) is 2.85. The lowest BCUT2D eigenvalue weighted by molar-refractivity contribution is 0.276. The van der Waals surface area contributed by atoms with Crippen molar-refractivity contribution in [1.82, 2.24) is 9.80 Å². The Kier molecular flexibility index (Phi) is 0.961. The molecule has 3 nitrogen and oxygen atoms in total. The van der Waals surface area contributed by atoms with Gasteiger partial charge in [-0.15, -0.1) is 0 Å². The minimum atomic E-state index is 0.909. The Labute approximate surface area is 70.5 Å². The molecule has 0 radical (unpaired) electrons. The van der Waals surface area contributed by atoms with Crippen molar-refractivity contribution < 1.29 is 4.74 Å². The molecule has 0 aromatic carbocycles. The summed E-state index contributed by atoms with van der Waals surface area (Å²) in [4.78, 5) is 4.13. The van der Waals surface area contributed by atoms with Crippen molar-refractivity contribution in [2.45, 2.75) is 0 Å². The van der Waals surface area contributed by atoms with Gasteiger partial charge in [0, 0.05) is 25.1 Å². The standard InChI is InChI=1S/C9H8N2O/c1-2-8-9-11(6-7-12-9)5-4-10(8)3-1/h1-2,4-7H,3H2. The molecular weight excluding hydrogens is 152 g/mol. The van der Waals surface area contributed by atoms with E-state index in [1.165, 1.54) is 0 Å². The first-order chi connectivity index (χ1) is 5.95. The minimum absolute atomic E-state index is 0.909. The van der Waals surface area contributed by atoms with Gasteiger partial charge >= 0.3 is 0 Å². The van der Waals surface area contributed by atoms with Gasteiger partial charge in [-0.1, -0.05) is 6.08 Å². The third-order valence-electron chi connectivity index (χ3n) is 2.15. The maximum absolute atomic E-state index is 5.35. The lowest BCUT2D eigenvalue weighted by atomic mass is 10.4. The molecule has 0 aliphatic carbocycles. The van der Waals surface area contributed by atoms with Crippen LogP contribution in [0.3, 0.4) is 0 Å². The molecule has 0 saturated carbocycles. The quantitative estimate of drug-likeness (QED) is 0.531. The number of ether oxygens (including phenoxy) is 1. The zero-order chi connectivity index (χ0) is 7.97. The first kappa shape index (κ1) is 5.94. The predicted molar refractivity (Wildman–Crippen MR) is 44.1 cm³/mol. The molecule has 0 aromatic rings. The monoisotopic (exact) mass is 160 g/mol. The summed E-state index contributed by atoms with van der Waals surface area (Å²) in [7, 11) is 0. The van der Waals surface area contributed by atoms with Gasteiger partial charge in [0.25, 0.3) is 0 Å². The zero-order valence-electron chi connectivity index (χ0n) is 6.47. The number of allylic oxidation sites excluding steroid dienone is 1. The van der Waals surface area contributed by atoms with E-state index in [0.29, 0.717) is 0 Å². The van der Waals surface area contributed by atoms with Gasteiger partial charge in [0.2, 0.25) is 5.88 Å². The molecule has 0 fully saturated rings. The Bertz CT molecular complexity index is 338. The minimum Gasteiger partial charge on any atom is -0.444 e. The molecule has 0 saturated heterocycles. The van der Waals surface area contributed by atoms with Crippen LogP contribution in [0.5, 0.6) is 0 Å². The van der Waals surface area contributed by atoms with E-state index >= 15 is 0 Å². The van der Waals surface area contributed by atoms with Crippen LogP contribution >= 0.6 is 0 Å². The number of nitrogens with zero attached hydrogens (tertiary/aromatic N) is 2. The van der Waals surface area contributed by atoms with Gasteiger partial charge < -0.3 is 9.64 Å². The smallest absolute Gasteiger partial charge is 0.227 e. The molecule has 0 unspecified atom stereocenters. The van der Waals surface area contributed by atoms with E-state index < -0.39 is 0 Å². The van der Waals surface area contributed by atoms with Crippen LogP contribution in [0, 0.1) is 0 Å². The topological polar surface area (TPSA) is 15.7 Å². The highest BCUT2D eigenvalue weighted by Gasteiger charge is 2.24. The third-order valence-corrected chi connectivity index (χ3v) is 2.15. The lowest BCUT2D eigenvalue weighted by Gasteiger charge is -2.24. The van der Waals surface area contributed by atoms with Crippen LogP contribution in [0.1, 0.15) is 0 Å². The van der Waals surface area contributed by atoms with Crippen molar-refractivity contribution in [2.24, 2.45) is 0 Å². The van der Waals surface area contributed by atoms with Gasteiger partial charge in [0.15, 0.2) is 0 Å². The van der Waals surface area contributed by atoms with Crippen LogP contribution in [0.4, 0.5) is 0 Å².